The van der Waals surface area contributed by atoms with Crippen molar-refractivity contribution in [3.8, 4) is 0 Å². The molecular formula is C15H21NO3S. The highest BCUT2D eigenvalue weighted by Gasteiger charge is 2.32. The fourth-order valence-electron chi connectivity index (χ4n) is 2.83. The van der Waals surface area contributed by atoms with Gasteiger partial charge >= 0.3 is 5.97 Å². The summed E-state index contributed by atoms with van der Waals surface area (Å²) in [5.41, 5.74) is 1.15. The van der Waals surface area contributed by atoms with Gasteiger partial charge in [0.15, 0.2) is 0 Å². The highest BCUT2D eigenvalue weighted by atomic mass is 32.1. The molecule has 2 heterocycles. The molecule has 0 saturated carbocycles. The van der Waals surface area contributed by atoms with E-state index >= 15 is 0 Å². The number of rotatable bonds is 3. The molecule has 2 rings (SSSR count). The smallest absolute Gasteiger partial charge is 0.308 e. The van der Waals surface area contributed by atoms with E-state index in [0.717, 1.165) is 16.9 Å². The Morgan fingerprint density at radius 1 is 1.45 bits per heavy atom. The van der Waals surface area contributed by atoms with Gasteiger partial charge in [-0.3, -0.25) is 9.59 Å². The van der Waals surface area contributed by atoms with Crippen molar-refractivity contribution >= 4 is 23.2 Å². The summed E-state index contributed by atoms with van der Waals surface area (Å²) in [6.45, 7) is 7.09. The molecule has 1 N–H and O–H groups in total. The number of likely N-dealkylation sites (tertiary alicyclic amines) is 1. The molecule has 0 aliphatic carbocycles. The second-order valence-electron chi connectivity index (χ2n) is 5.66. The van der Waals surface area contributed by atoms with Crippen LogP contribution in [0.4, 0.5) is 0 Å². The molecule has 20 heavy (non-hydrogen) atoms. The number of nitrogens with zero attached hydrogens (tertiary/aromatic N) is 1. The Labute approximate surface area is 123 Å². The van der Waals surface area contributed by atoms with E-state index in [1.165, 1.54) is 16.2 Å². The quantitative estimate of drug-likeness (QED) is 0.933. The van der Waals surface area contributed by atoms with Crippen LogP contribution in [-0.4, -0.2) is 35.0 Å². The number of carboxylic acids is 1. The SMILES string of the molecule is CCc1sc(C(=O)N2CC(C)CC(C(=O)O)C2)cc1C. The van der Waals surface area contributed by atoms with Gasteiger partial charge in [0.05, 0.1) is 10.8 Å². The zero-order chi connectivity index (χ0) is 14.9. The van der Waals surface area contributed by atoms with Crippen LogP contribution in [0.1, 0.15) is 40.4 Å². The van der Waals surface area contributed by atoms with Crippen LogP contribution in [-0.2, 0) is 11.2 Å². The fraction of sp³-hybridized carbons (Fsp3) is 0.600. The number of carbonyl (C=O) groups excluding carboxylic acids is 1. The monoisotopic (exact) mass is 295 g/mol. The van der Waals surface area contributed by atoms with Crippen molar-refractivity contribution in [3.05, 3.63) is 21.4 Å². The summed E-state index contributed by atoms with van der Waals surface area (Å²) in [5.74, 6) is -1.02. The Morgan fingerprint density at radius 3 is 2.70 bits per heavy atom. The molecule has 4 nitrogen and oxygen atoms in total. The number of hydrogen-bond donors (Lipinski definition) is 1. The standard InChI is InChI=1S/C15H21NO3S/c1-4-12-10(3)6-13(20-12)14(17)16-7-9(2)5-11(8-16)15(18)19/h6,9,11H,4-5,7-8H2,1-3H3,(H,18,19). The maximum absolute atomic E-state index is 12.5. The highest BCUT2D eigenvalue weighted by molar-refractivity contribution is 7.14. The van der Waals surface area contributed by atoms with Gasteiger partial charge in [-0.1, -0.05) is 13.8 Å². The van der Waals surface area contributed by atoms with E-state index in [0.29, 0.717) is 19.5 Å². The third kappa shape index (κ3) is 3.03. The van der Waals surface area contributed by atoms with E-state index in [4.69, 9.17) is 0 Å². The van der Waals surface area contributed by atoms with Gasteiger partial charge in [0.1, 0.15) is 0 Å². The minimum Gasteiger partial charge on any atom is -0.481 e. The van der Waals surface area contributed by atoms with Gasteiger partial charge in [-0.25, -0.2) is 0 Å². The van der Waals surface area contributed by atoms with Crippen molar-refractivity contribution < 1.29 is 14.7 Å². The van der Waals surface area contributed by atoms with Crippen LogP contribution in [0.2, 0.25) is 0 Å². The van der Waals surface area contributed by atoms with Gasteiger partial charge in [-0.15, -0.1) is 11.3 Å². The number of carbonyl (C=O) groups is 2. The third-order valence-electron chi connectivity index (χ3n) is 3.85. The highest BCUT2D eigenvalue weighted by Crippen LogP contribution is 2.27. The Morgan fingerprint density at radius 2 is 2.15 bits per heavy atom. The molecule has 0 bridgehead atoms. The summed E-state index contributed by atoms with van der Waals surface area (Å²) < 4.78 is 0. The first kappa shape index (κ1) is 15.0. The summed E-state index contributed by atoms with van der Waals surface area (Å²) in [4.78, 5) is 27.4. The van der Waals surface area contributed by atoms with Crippen LogP contribution in [0.3, 0.4) is 0 Å². The predicted molar refractivity (Wildman–Crippen MR) is 79.2 cm³/mol. The second-order valence-corrected chi connectivity index (χ2v) is 6.79. The average Bonchev–Trinajstić information content (AvgIpc) is 2.78. The van der Waals surface area contributed by atoms with Gasteiger partial charge in [0.25, 0.3) is 5.91 Å². The van der Waals surface area contributed by atoms with Gasteiger partial charge in [0, 0.05) is 18.0 Å². The molecule has 1 aliphatic heterocycles. The molecule has 1 saturated heterocycles. The molecular weight excluding hydrogens is 274 g/mol. The van der Waals surface area contributed by atoms with Crippen LogP contribution in [0.25, 0.3) is 0 Å². The first-order valence-electron chi connectivity index (χ1n) is 7.03. The van der Waals surface area contributed by atoms with E-state index in [1.54, 1.807) is 4.90 Å². The number of thiophene rings is 1. The molecule has 0 aromatic carbocycles. The van der Waals surface area contributed by atoms with Crippen molar-refractivity contribution in [1.82, 2.24) is 4.90 Å². The Balaban J connectivity index is 2.16. The number of amides is 1. The maximum Gasteiger partial charge on any atom is 0.308 e. The lowest BCUT2D eigenvalue weighted by Crippen LogP contribution is -2.45. The lowest BCUT2D eigenvalue weighted by molar-refractivity contribution is -0.143. The molecule has 2 atom stereocenters. The van der Waals surface area contributed by atoms with Crippen LogP contribution >= 0.6 is 11.3 Å². The Hall–Kier alpha value is -1.36. The van der Waals surface area contributed by atoms with Gasteiger partial charge < -0.3 is 10.0 Å². The van der Waals surface area contributed by atoms with E-state index in [-0.39, 0.29) is 11.8 Å². The van der Waals surface area contributed by atoms with Crippen molar-refractivity contribution in [3.63, 3.8) is 0 Å². The summed E-state index contributed by atoms with van der Waals surface area (Å²) >= 11 is 1.53. The molecule has 2 unspecified atom stereocenters. The van der Waals surface area contributed by atoms with Crippen molar-refractivity contribution in [1.29, 1.82) is 0 Å². The number of aryl methyl sites for hydroxylation is 2. The van der Waals surface area contributed by atoms with Crippen molar-refractivity contribution in [2.24, 2.45) is 11.8 Å². The minimum absolute atomic E-state index is 0.0180. The maximum atomic E-state index is 12.5. The number of piperidine rings is 1. The first-order chi connectivity index (χ1) is 9.42. The number of carboxylic acid groups (broad SMARTS) is 1. The predicted octanol–water partition coefficient (Wildman–Crippen LogP) is 2.80. The zero-order valence-electron chi connectivity index (χ0n) is 12.2. The van der Waals surface area contributed by atoms with Gasteiger partial charge in [-0.2, -0.15) is 0 Å². The van der Waals surface area contributed by atoms with Crippen LogP contribution in [0, 0.1) is 18.8 Å². The molecule has 1 amide bonds. The van der Waals surface area contributed by atoms with Gasteiger partial charge in [-0.05, 0) is 37.3 Å². The Bertz CT molecular complexity index is 523. The summed E-state index contributed by atoms with van der Waals surface area (Å²) in [6.07, 6.45) is 1.58. The summed E-state index contributed by atoms with van der Waals surface area (Å²) in [5, 5.41) is 9.18. The normalized spacial score (nSPS) is 22.9. The largest absolute Gasteiger partial charge is 0.481 e. The van der Waals surface area contributed by atoms with E-state index in [1.807, 2.05) is 19.9 Å². The second kappa shape index (κ2) is 5.95. The fourth-order valence-corrected chi connectivity index (χ4v) is 3.91. The Kier molecular flexibility index (Phi) is 4.48. The average molecular weight is 295 g/mol. The number of hydrogen-bond acceptors (Lipinski definition) is 3. The minimum atomic E-state index is -0.800. The van der Waals surface area contributed by atoms with Crippen molar-refractivity contribution in [2.75, 3.05) is 13.1 Å². The lowest BCUT2D eigenvalue weighted by atomic mass is 9.90. The lowest BCUT2D eigenvalue weighted by Gasteiger charge is -2.34. The first-order valence-corrected chi connectivity index (χ1v) is 7.85. The molecule has 1 fully saturated rings. The van der Waals surface area contributed by atoms with Crippen LogP contribution in [0.5, 0.6) is 0 Å². The molecule has 1 aromatic rings. The van der Waals surface area contributed by atoms with E-state index in [2.05, 4.69) is 6.92 Å². The molecule has 1 aliphatic rings. The van der Waals surface area contributed by atoms with Crippen LogP contribution in [0.15, 0.2) is 6.07 Å². The third-order valence-corrected chi connectivity index (χ3v) is 5.22. The van der Waals surface area contributed by atoms with E-state index < -0.39 is 11.9 Å². The topological polar surface area (TPSA) is 57.6 Å². The molecule has 5 heteroatoms. The van der Waals surface area contributed by atoms with Crippen LogP contribution < -0.4 is 0 Å². The zero-order valence-corrected chi connectivity index (χ0v) is 13.0. The molecule has 1 aromatic heterocycles. The van der Waals surface area contributed by atoms with E-state index in [9.17, 15) is 14.7 Å². The molecule has 110 valence electrons. The van der Waals surface area contributed by atoms with Crippen molar-refractivity contribution in [2.45, 2.75) is 33.6 Å². The summed E-state index contributed by atoms with van der Waals surface area (Å²) in [7, 11) is 0. The summed E-state index contributed by atoms with van der Waals surface area (Å²) in [6, 6.07) is 1.93. The number of aliphatic carboxylic acids is 1. The van der Waals surface area contributed by atoms with Gasteiger partial charge in [0.2, 0.25) is 0 Å². The molecule has 0 radical (unpaired) electrons. The molecule has 0 spiro atoms.